The van der Waals surface area contributed by atoms with E-state index in [2.05, 4.69) is 16.3 Å². The van der Waals surface area contributed by atoms with Crippen molar-refractivity contribution in [3.8, 4) is 22.6 Å². The van der Waals surface area contributed by atoms with Gasteiger partial charge in [0.2, 0.25) is 5.91 Å². The molecule has 1 fully saturated rings. The first-order chi connectivity index (χ1) is 15.7. The molecule has 4 rings (SSSR count). The number of anilines is 1. The van der Waals surface area contributed by atoms with Gasteiger partial charge >= 0.3 is 0 Å². The number of hydrogen-bond acceptors (Lipinski definition) is 4. The Kier molecular flexibility index (Phi) is 7.07. The predicted molar refractivity (Wildman–Crippen MR) is 128 cm³/mol. The molecule has 5 heteroatoms. The van der Waals surface area contributed by atoms with Gasteiger partial charge in [-0.3, -0.25) is 9.69 Å². The summed E-state index contributed by atoms with van der Waals surface area (Å²) < 4.78 is 10.8. The molecule has 1 atom stereocenters. The van der Waals surface area contributed by atoms with E-state index in [1.165, 1.54) is 0 Å². The molecule has 0 saturated carbocycles. The summed E-state index contributed by atoms with van der Waals surface area (Å²) in [6.45, 7) is 2.52. The fourth-order valence-electron chi connectivity index (χ4n) is 4.34. The Labute approximate surface area is 190 Å². The lowest BCUT2D eigenvalue weighted by Crippen LogP contribution is -2.40. The Morgan fingerprint density at radius 1 is 0.969 bits per heavy atom. The maximum Gasteiger partial charge on any atom is 0.228 e. The van der Waals surface area contributed by atoms with Crippen LogP contribution in [0.1, 0.15) is 18.4 Å². The first-order valence-electron chi connectivity index (χ1n) is 11.1. The third-order valence-corrected chi connectivity index (χ3v) is 6.05. The van der Waals surface area contributed by atoms with Crippen LogP contribution < -0.4 is 14.8 Å². The number of benzene rings is 3. The van der Waals surface area contributed by atoms with Gasteiger partial charge in [-0.15, -0.1) is 0 Å². The average molecular weight is 431 g/mol. The van der Waals surface area contributed by atoms with Gasteiger partial charge in [0.25, 0.3) is 0 Å². The molecule has 32 heavy (non-hydrogen) atoms. The minimum absolute atomic E-state index is 0.0395. The number of nitrogens with one attached hydrogen (secondary N) is 1. The molecule has 0 unspecified atom stereocenters. The van der Waals surface area contributed by atoms with Crippen LogP contribution in [0.5, 0.6) is 11.5 Å². The molecule has 0 radical (unpaired) electrons. The smallest absolute Gasteiger partial charge is 0.228 e. The lowest BCUT2D eigenvalue weighted by atomic mass is 9.96. The molecule has 3 aromatic carbocycles. The van der Waals surface area contributed by atoms with Crippen LogP contribution in [0.15, 0.2) is 72.8 Å². The van der Waals surface area contributed by atoms with Gasteiger partial charge in [0, 0.05) is 29.9 Å². The summed E-state index contributed by atoms with van der Waals surface area (Å²) in [6, 6.07) is 23.9. The molecule has 166 valence electrons. The Morgan fingerprint density at radius 3 is 2.50 bits per heavy atom. The number of nitrogens with zero attached hydrogens (tertiary/aromatic N) is 1. The Hall–Kier alpha value is -3.31. The zero-order valence-electron chi connectivity index (χ0n) is 18.7. The van der Waals surface area contributed by atoms with Crippen LogP contribution in [-0.4, -0.2) is 38.1 Å². The van der Waals surface area contributed by atoms with Gasteiger partial charge in [-0.05, 0) is 49.2 Å². The van der Waals surface area contributed by atoms with Crippen LogP contribution in [0.25, 0.3) is 11.1 Å². The standard InChI is InChI=1S/C27H30N2O3/c1-31-23-15-13-20(14-16-23)24-10-4-5-11-25(24)28-27(30)22-9-7-17-29(19-22)18-21-8-3-6-12-26(21)32-2/h3-6,8,10-16,22H,7,9,17-19H2,1-2H3,(H,28,30)/t22-/m1/s1. The highest BCUT2D eigenvalue weighted by molar-refractivity contribution is 5.97. The molecule has 1 N–H and O–H groups in total. The van der Waals surface area contributed by atoms with Crippen molar-refractivity contribution in [2.75, 3.05) is 32.6 Å². The van der Waals surface area contributed by atoms with E-state index in [1.54, 1.807) is 14.2 Å². The number of rotatable bonds is 7. The molecule has 1 saturated heterocycles. The zero-order valence-corrected chi connectivity index (χ0v) is 18.7. The fourth-order valence-corrected chi connectivity index (χ4v) is 4.34. The van der Waals surface area contributed by atoms with Crippen molar-refractivity contribution < 1.29 is 14.3 Å². The van der Waals surface area contributed by atoms with E-state index in [1.807, 2.05) is 66.7 Å². The van der Waals surface area contributed by atoms with E-state index in [0.717, 1.165) is 66.4 Å². The third-order valence-electron chi connectivity index (χ3n) is 6.05. The van der Waals surface area contributed by atoms with Gasteiger partial charge in [0.05, 0.1) is 20.1 Å². The maximum absolute atomic E-state index is 13.2. The quantitative estimate of drug-likeness (QED) is 0.558. The number of carbonyl (C=O) groups is 1. The van der Waals surface area contributed by atoms with Crippen molar-refractivity contribution >= 4 is 11.6 Å². The van der Waals surface area contributed by atoms with E-state index in [0.29, 0.717) is 0 Å². The summed E-state index contributed by atoms with van der Waals surface area (Å²) in [6.07, 6.45) is 1.91. The summed E-state index contributed by atoms with van der Waals surface area (Å²) in [7, 11) is 3.36. The van der Waals surface area contributed by atoms with Crippen LogP contribution >= 0.6 is 0 Å². The Balaban J connectivity index is 1.45. The van der Waals surface area contributed by atoms with Crippen molar-refractivity contribution in [3.63, 3.8) is 0 Å². The lowest BCUT2D eigenvalue weighted by Gasteiger charge is -2.32. The average Bonchev–Trinajstić information content (AvgIpc) is 2.85. The zero-order chi connectivity index (χ0) is 22.3. The molecule has 1 aliphatic heterocycles. The van der Waals surface area contributed by atoms with Gasteiger partial charge in [0.1, 0.15) is 11.5 Å². The maximum atomic E-state index is 13.2. The summed E-state index contributed by atoms with van der Waals surface area (Å²) in [5.74, 6) is 1.75. The monoisotopic (exact) mass is 430 g/mol. The molecule has 3 aromatic rings. The van der Waals surface area contributed by atoms with E-state index >= 15 is 0 Å². The van der Waals surface area contributed by atoms with E-state index < -0.39 is 0 Å². The van der Waals surface area contributed by atoms with Crippen LogP contribution in [0.3, 0.4) is 0 Å². The largest absolute Gasteiger partial charge is 0.497 e. The van der Waals surface area contributed by atoms with E-state index in [4.69, 9.17) is 9.47 Å². The molecule has 5 nitrogen and oxygen atoms in total. The molecule has 0 aromatic heterocycles. The summed E-state index contributed by atoms with van der Waals surface area (Å²) in [4.78, 5) is 15.5. The topological polar surface area (TPSA) is 50.8 Å². The Morgan fingerprint density at radius 2 is 1.72 bits per heavy atom. The van der Waals surface area contributed by atoms with E-state index in [-0.39, 0.29) is 11.8 Å². The minimum Gasteiger partial charge on any atom is -0.497 e. The van der Waals surface area contributed by atoms with Crippen LogP contribution in [0.4, 0.5) is 5.69 Å². The van der Waals surface area contributed by atoms with Crippen molar-refractivity contribution in [1.82, 2.24) is 4.90 Å². The second-order valence-corrected chi connectivity index (χ2v) is 8.15. The number of para-hydroxylation sites is 2. The number of ether oxygens (including phenoxy) is 2. The Bertz CT molecular complexity index is 1050. The second kappa shape index (κ2) is 10.3. The van der Waals surface area contributed by atoms with Crippen molar-refractivity contribution in [1.29, 1.82) is 0 Å². The highest BCUT2D eigenvalue weighted by Gasteiger charge is 2.26. The van der Waals surface area contributed by atoms with Crippen molar-refractivity contribution in [2.24, 2.45) is 5.92 Å². The normalized spacial score (nSPS) is 16.4. The lowest BCUT2D eigenvalue weighted by molar-refractivity contribution is -0.121. The van der Waals surface area contributed by atoms with Crippen molar-refractivity contribution in [2.45, 2.75) is 19.4 Å². The van der Waals surface area contributed by atoms with Crippen molar-refractivity contribution in [3.05, 3.63) is 78.4 Å². The summed E-state index contributed by atoms with van der Waals surface area (Å²) in [5.41, 5.74) is 4.04. The first-order valence-corrected chi connectivity index (χ1v) is 11.1. The first kappa shape index (κ1) is 21.9. The van der Waals surface area contributed by atoms with Crippen LogP contribution in [0.2, 0.25) is 0 Å². The second-order valence-electron chi connectivity index (χ2n) is 8.15. The number of piperidine rings is 1. The van der Waals surface area contributed by atoms with Gasteiger partial charge in [-0.1, -0.05) is 48.5 Å². The highest BCUT2D eigenvalue weighted by atomic mass is 16.5. The number of methoxy groups -OCH3 is 2. The highest BCUT2D eigenvalue weighted by Crippen LogP contribution is 2.30. The molecular formula is C27H30N2O3. The molecule has 1 aliphatic rings. The predicted octanol–water partition coefficient (Wildman–Crippen LogP) is 5.22. The number of carbonyl (C=O) groups excluding carboxylic acids is 1. The number of amides is 1. The van der Waals surface area contributed by atoms with Gasteiger partial charge in [-0.2, -0.15) is 0 Å². The molecule has 0 bridgehead atoms. The van der Waals surface area contributed by atoms with Gasteiger partial charge in [-0.25, -0.2) is 0 Å². The van der Waals surface area contributed by atoms with Gasteiger partial charge in [0.15, 0.2) is 0 Å². The third kappa shape index (κ3) is 5.11. The fraction of sp³-hybridized carbons (Fsp3) is 0.296. The molecule has 0 aliphatic carbocycles. The van der Waals surface area contributed by atoms with Gasteiger partial charge < -0.3 is 14.8 Å². The SMILES string of the molecule is COc1ccc(-c2ccccc2NC(=O)[C@@H]2CCCN(Cc3ccccc3OC)C2)cc1. The molecule has 1 heterocycles. The minimum atomic E-state index is -0.0395. The molecule has 1 amide bonds. The number of hydrogen-bond donors (Lipinski definition) is 1. The van der Waals surface area contributed by atoms with Crippen LogP contribution in [-0.2, 0) is 11.3 Å². The summed E-state index contributed by atoms with van der Waals surface area (Å²) in [5, 5.41) is 3.19. The van der Waals surface area contributed by atoms with E-state index in [9.17, 15) is 4.79 Å². The molecular weight excluding hydrogens is 400 g/mol. The van der Waals surface area contributed by atoms with Crippen LogP contribution in [0, 0.1) is 5.92 Å². The molecule has 0 spiro atoms. The number of likely N-dealkylation sites (tertiary alicyclic amines) is 1. The summed E-state index contributed by atoms with van der Waals surface area (Å²) >= 11 is 0.